The van der Waals surface area contributed by atoms with E-state index in [4.69, 9.17) is 20.6 Å². The number of benzene rings is 1. The van der Waals surface area contributed by atoms with Gasteiger partial charge in [0.15, 0.2) is 11.5 Å². The van der Waals surface area contributed by atoms with Gasteiger partial charge in [0.25, 0.3) is 0 Å². The second-order valence-corrected chi connectivity index (χ2v) is 10.9. The van der Waals surface area contributed by atoms with Gasteiger partial charge in [-0.05, 0) is 49.8 Å². The predicted octanol–water partition coefficient (Wildman–Crippen LogP) is 2.56. The molecule has 2 heterocycles. The van der Waals surface area contributed by atoms with Crippen LogP contribution in [0.1, 0.15) is 80.9 Å². The van der Waals surface area contributed by atoms with Crippen molar-refractivity contribution in [3.05, 3.63) is 51.9 Å². The number of amides is 1. The molecular weight excluding hydrogens is 531 g/mol. The van der Waals surface area contributed by atoms with Crippen molar-refractivity contribution in [1.82, 2.24) is 10.3 Å². The van der Waals surface area contributed by atoms with Crippen molar-refractivity contribution in [2.45, 2.75) is 71.1 Å². The van der Waals surface area contributed by atoms with E-state index >= 15 is 0 Å². The van der Waals surface area contributed by atoms with E-state index in [0.29, 0.717) is 16.3 Å². The summed E-state index contributed by atoms with van der Waals surface area (Å²) < 4.78 is 40.1. The first-order valence-corrected chi connectivity index (χ1v) is 12.3. The minimum atomic E-state index is -3.30. The molecule has 4 rings (SSSR count). The average molecular weight is 558 g/mol. The summed E-state index contributed by atoms with van der Waals surface area (Å²) in [5.41, 5.74) is 0.733. The first-order valence-electron chi connectivity index (χ1n) is 11.9. The number of carbonyl (C=O) groups is 2. The largest absolute Gasteiger partial charge is 1.00 e. The molecule has 38 heavy (non-hydrogen) atoms. The number of hydrogen-bond acceptors (Lipinski definition) is 7. The van der Waals surface area contributed by atoms with Crippen LogP contribution in [-0.2, 0) is 15.5 Å². The first kappa shape index (κ1) is 30.3. The molecule has 8 nitrogen and oxygen atoms in total. The van der Waals surface area contributed by atoms with Crippen LogP contribution < -0.4 is 40.0 Å². The van der Waals surface area contributed by atoms with Gasteiger partial charge in [-0.15, -0.1) is 0 Å². The van der Waals surface area contributed by atoms with E-state index in [2.05, 4.69) is 15.6 Å². The van der Waals surface area contributed by atoms with E-state index in [-0.39, 0.29) is 59.0 Å². The normalized spacial score (nSPS) is 14.6. The van der Waals surface area contributed by atoms with E-state index in [1.165, 1.54) is 20.8 Å². The number of alkyl halides is 2. The first-order chi connectivity index (χ1) is 17.3. The molecular formula is C26H27ClF2N3NaO5. The second kappa shape index (κ2) is 11.5. The Kier molecular flexibility index (Phi) is 9.13. The van der Waals surface area contributed by atoms with E-state index < -0.39 is 41.3 Å². The molecule has 1 aromatic carbocycles. The number of aliphatic carboxylic acids is 1. The van der Waals surface area contributed by atoms with Gasteiger partial charge in [0, 0.05) is 35.4 Å². The molecule has 1 amide bonds. The number of carbonyl (C=O) groups excluding carboxylic acids is 2. The van der Waals surface area contributed by atoms with Gasteiger partial charge in [-0.2, -0.15) is 8.78 Å². The quantitative estimate of drug-likeness (QED) is 0.401. The second-order valence-electron chi connectivity index (χ2n) is 10.5. The molecule has 0 bridgehead atoms. The van der Waals surface area contributed by atoms with Crippen LogP contribution >= 0.6 is 11.6 Å². The number of nitrogens with zero attached hydrogens (tertiary/aromatic N) is 2. The smallest absolute Gasteiger partial charge is 0.550 e. The Balaban J connectivity index is 0.00000400. The van der Waals surface area contributed by atoms with Gasteiger partial charge in [-0.3, -0.25) is 4.79 Å². The molecule has 12 heteroatoms. The van der Waals surface area contributed by atoms with Gasteiger partial charge in [0.2, 0.25) is 11.7 Å². The van der Waals surface area contributed by atoms with Crippen molar-refractivity contribution in [3.63, 3.8) is 0 Å². The Bertz CT molecular complexity index is 1330. The fourth-order valence-corrected chi connectivity index (χ4v) is 4.35. The summed E-state index contributed by atoms with van der Waals surface area (Å²) in [6.45, 7) is 6.02. The SMILES string of the molecule is Cc1ccc(NC(=O)C[C@H](CC(=O)[O-])c2noc(-c3cc(C(F)(F)C(C)(C)C)on3)c2C2CC2)c(Cl)c1.[Na+]. The van der Waals surface area contributed by atoms with Crippen molar-refractivity contribution in [2.75, 3.05) is 5.32 Å². The zero-order valence-corrected chi connectivity index (χ0v) is 24.6. The molecule has 1 saturated carbocycles. The molecule has 0 saturated heterocycles. The number of anilines is 1. The van der Waals surface area contributed by atoms with Crippen LogP contribution in [0.2, 0.25) is 5.02 Å². The summed E-state index contributed by atoms with van der Waals surface area (Å²) in [7, 11) is 0. The van der Waals surface area contributed by atoms with Gasteiger partial charge in [0.05, 0.1) is 16.4 Å². The number of nitrogens with one attached hydrogen (secondary N) is 1. The third-order valence-electron chi connectivity index (χ3n) is 6.37. The van der Waals surface area contributed by atoms with Crippen molar-refractivity contribution >= 4 is 29.2 Å². The maximum Gasteiger partial charge on any atom is 1.00 e. The molecule has 1 aliphatic carbocycles. The fraction of sp³-hybridized carbons (Fsp3) is 0.462. The number of halogens is 3. The monoisotopic (exact) mass is 557 g/mol. The summed E-state index contributed by atoms with van der Waals surface area (Å²) in [5.74, 6) is -6.54. The van der Waals surface area contributed by atoms with E-state index in [9.17, 15) is 23.5 Å². The topological polar surface area (TPSA) is 121 Å². The van der Waals surface area contributed by atoms with Crippen LogP contribution in [0.25, 0.3) is 11.5 Å². The molecule has 0 unspecified atom stereocenters. The number of carboxylic acid groups (broad SMARTS) is 1. The Morgan fingerprint density at radius 2 is 1.84 bits per heavy atom. The van der Waals surface area contributed by atoms with Gasteiger partial charge in [-0.25, -0.2) is 0 Å². The van der Waals surface area contributed by atoms with Crippen LogP contribution in [0.5, 0.6) is 0 Å². The number of hydrogen-bond donors (Lipinski definition) is 1. The molecule has 1 aliphatic rings. The summed E-state index contributed by atoms with van der Waals surface area (Å²) in [6.07, 6.45) is 0.809. The standard InChI is InChI=1S/C26H28ClF2N3O5.Na/c1-13-5-8-17(16(27)9-13)30-20(33)10-15(11-21(34)35)23-22(14-6-7-14)24(37-32-23)18-12-19(36-31-18)26(28,29)25(2,3)4;/h5,8-9,12,14-15H,6-7,10-11H2,1-4H3,(H,30,33)(H,34,35);/q;+1/p-1/t15-;/m1./s1. The third-order valence-corrected chi connectivity index (χ3v) is 6.68. The molecule has 1 N–H and O–H groups in total. The number of carboxylic acids is 1. The van der Waals surface area contributed by atoms with Crippen LogP contribution in [0.15, 0.2) is 33.3 Å². The average Bonchev–Trinajstić information content (AvgIpc) is 3.32. The number of aromatic nitrogens is 2. The third kappa shape index (κ3) is 6.47. The Morgan fingerprint density at radius 3 is 2.42 bits per heavy atom. The molecule has 198 valence electrons. The zero-order chi connectivity index (χ0) is 27.1. The van der Waals surface area contributed by atoms with Gasteiger partial charge >= 0.3 is 35.5 Å². The maximum absolute atomic E-state index is 14.8. The summed E-state index contributed by atoms with van der Waals surface area (Å²) in [4.78, 5) is 24.4. The van der Waals surface area contributed by atoms with Crippen molar-refractivity contribution in [1.29, 1.82) is 0 Å². The molecule has 3 aromatic rings. The maximum atomic E-state index is 14.8. The van der Waals surface area contributed by atoms with Gasteiger partial charge in [0.1, 0.15) is 0 Å². The molecule has 1 atom stereocenters. The van der Waals surface area contributed by atoms with Gasteiger partial charge < -0.3 is 24.3 Å². The van der Waals surface area contributed by atoms with E-state index in [1.54, 1.807) is 18.2 Å². The van der Waals surface area contributed by atoms with E-state index in [0.717, 1.165) is 24.5 Å². The van der Waals surface area contributed by atoms with Crippen molar-refractivity contribution in [3.8, 4) is 11.5 Å². The Labute approximate surface area is 245 Å². The fourth-order valence-electron chi connectivity index (χ4n) is 4.07. The van der Waals surface area contributed by atoms with Gasteiger partial charge in [-0.1, -0.05) is 48.8 Å². The van der Waals surface area contributed by atoms with Crippen LogP contribution in [0, 0.1) is 12.3 Å². The molecule has 2 aromatic heterocycles. The minimum Gasteiger partial charge on any atom is -0.550 e. The van der Waals surface area contributed by atoms with Crippen LogP contribution in [0.3, 0.4) is 0 Å². The minimum absolute atomic E-state index is 0. The van der Waals surface area contributed by atoms with Crippen LogP contribution in [0.4, 0.5) is 14.5 Å². The molecule has 1 fully saturated rings. The summed E-state index contributed by atoms with van der Waals surface area (Å²) in [5, 5.41) is 22.5. The number of rotatable bonds is 9. The molecule has 0 aliphatic heterocycles. The molecule has 0 spiro atoms. The zero-order valence-electron chi connectivity index (χ0n) is 21.9. The Hall–Kier alpha value is -2.27. The summed E-state index contributed by atoms with van der Waals surface area (Å²) in [6, 6.07) is 6.24. The molecule has 0 radical (unpaired) electrons. The number of aryl methyl sites for hydroxylation is 1. The van der Waals surface area contributed by atoms with E-state index in [1.807, 2.05) is 6.92 Å². The predicted molar refractivity (Wildman–Crippen MR) is 129 cm³/mol. The Morgan fingerprint density at radius 1 is 1.16 bits per heavy atom. The summed E-state index contributed by atoms with van der Waals surface area (Å²) >= 11 is 6.20. The van der Waals surface area contributed by atoms with Crippen LogP contribution in [-0.4, -0.2) is 22.2 Å². The van der Waals surface area contributed by atoms with Crippen molar-refractivity contribution < 1.29 is 62.1 Å². The van der Waals surface area contributed by atoms with Crippen molar-refractivity contribution in [2.24, 2.45) is 5.41 Å².